The summed E-state index contributed by atoms with van der Waals surface area (Å²) in [4.78, 5) is 10.8. The van der Waals surface area contributed by atoms with Crippen molar-refractivity contribution in [3.63, 3.8) is 0 Å². The maximum Gasteiger partial charge on any atom is 0.123 e. The smallest absolute Gasteiger partial charge is 0.123 e. The summed E-state index contributed by atoms with van der Waals surface area (Å²) < 4.78 is 0. The Kier molecular flexibility index (Phi) is 1.99. The predicted molar refractivity (Wildman–Crippen MR) is 50.2 cm³/mol. The number of hydrogen-bond donors (Lipinski definition) is 1. The van der Waals surface area contributed by atoms with Gasteiger partial charge < -0.3 is 9.90 Å². The van der Waals surface area contributed by atoms with Gasteiger partial charge in [-0.15, -0.1) is 0 Å². The first-order valence-corrected chi connectivity index (χ1v) is 5.20. The number of carbonyl (C=O) groups is 1. The molecule has 4 atom stereocenters. The van der Waals surface area contributed by atoms with Gasteiger partial charge >= 0.3 is 0 Å². The molecule has 2 nitrogen and oxygen atoms in total. The van der Waals surface area contributed by atoms with E-state index in [0.717, 1.165) is 25.5 Å². The summed E-state index contributed by atoms with van der Waals surface area (Å²) in [5.41, 5.74) is -0.596. The van der Waals surface area contributed by atoms with Crippen molar-refractivity contribution in [3.05, 3.63) is 0 Å². The van der Waals surface area contributed by atoms with Gasteiger partial charge in [0.1, 0.15) is 6.29 Å². The molecule has 0 aromatic heterocycles. The van der Waals surface area contributed by atoms with Crippen molar-refractivity contribution in [2.45, 2.75) is 38.7 Å². The van der Waals surface area contributed by atoms with Gasteiger partial charge in [0.15, 0.2) is 0 Å². The zero-order chi connectivity index (χ0) is 9.64. The first-order chi connectivity index (χ1) is 6.02. The summed E-state index contributed by atoms with van der Waals surface area (Å²) in [6.45, 7) is 3.75. The van der Waals surface area contributed by atoms with Crippen LogP contribution in [0.3, 0.4) is 0 Å². The largest absolute Gasteiger partial charge is 0.390 e. The molecule has 74 valence electrons. The number of rotatable bonds is 2. The van der Waals surface area contributed by atoms with Crippen LogP contribution in [0, 0.1) is 23.7 Å². The highest BCUT2D eigenvalue weighted by molar-refractivity contribution is 5.55. The fourth-order valence-corrected chi connectivity index (χ4v) is 3.37. The summed E-state index contributed by atoms with van der Waals surface area (Å²) >= 11 is 0. The Morgan fingerprint density at radius 3 is 2.46 bits per heavy atom. The highest BCUT2D eigenvalue weighted by Crippen LogP contribution is 2.54. The Morgan fingerprint density at radius 2 is 2.00 bits per heavy atom. The molecule has 0 aliphatic heterocycles. The fraction of sp³-hybridized carbons (Fsp3) is 0.909. The van der Waals surface area contributed by atoms with Crippen LogP contribution in [0.2, 0.25) is 0 Å². The van der Waals surface area contributed by atoms with Crippen molar-refractivity contribution in [1.29, 1.82) is 0 Å². The molecule has 0 amide bonds. The maximum absolute atomic E-state index is 10.8. The molecule has 13 heavy (non-hydrogen) atoms. The molecule has 2 aliphatic carbocycles. The number of fused-ring (bicyclic) bond motifs is 2. The van der Waals surface area contributed by atoms with Crippen LogP contribution >= 0.6 is 0 Å². The summed E-state index contributed by atoms with van der Waals surface area (Å²) in [6, 6.07) is 0. The molecule has 2 rings (SSSR count). The first-order valence-electron chi connectivity index (χ1n) is 5.20. The van der Waals surface area contributed by atoms with E-state index in [1.165, 1.54) is 0 Å². The molecule has 2 fully saturated rings. The third-order valence-corrected chi connectivity index (χ3v) is 3.95. The average molecular weight is 182 g/mol. The van der Waals surface area contributed by atoms with Crippen LogP contribution in [0.25, 0.3) is 0 Å². The lowest BCUT2D eigenvalue weighted by atomic mass is 9.73. The highest BCUT2D eigenvalue weighted by atomic mass is 16.3. The number of aliphatic hydroxyl groups is 1. The molecule has 1 N–H and O–H groups in total. The monoisotopic (exact) mass is 182 g/mol. The maximum atomic E-state index is 10.8. The SMILES string of the molecule is CC(C)(O)C1CC2CC(C=O)C1C2. The molecule has 0 spiro atoms. The molecule has 0 radical (unpaired) electrons. The summed E-state index contributed by atoms with van der Waals surface area (Å²) in [5.74, 6) is 1.75. The van der Waals surface area contributed by atoms with Crippen molar-refractivity contribution < 1.29 is 9.90 Å². The second-order valence-corrected chi connectivity index (χ2v) is 5.30. The second-order valence-electron chi connectivity index (χ2n) is 5.30. The molecule has 4 unspecified atom stereocenters. The van der Waals surface area contributed by atoms with Gasteiger partial charge in [-0.1, -0.05) is 0 Å². The van der Waals surface area contributed by atoms with Gasteiger partial charge in [0.05, 0.1) is 5.60 Å². The molecule has 2 bridgehead atoms. The van der Waals surface area contributed by atoms with Crippen LogP contribution in [0.15, 0.2) is 0 Å². The van der Waals surface area contributed by atoms with Crippen molar-refractivity contribution in [2.24, 2.45) is 23.7 Å². The standard InChI is InChI=1S/C11H18O2/c1-11(2,13)10-5-7-3-8(6-12)9(10)4-7/h6-10,13H,3-5H2,1-2H3. The van der Waals surface area contributed by atoms with Crippen molar-refractivity contribution >= 4 is 6.29 Å². The van der Waals surface area contributed by atoms with Gasteiger partial charge in [0.25, 0.3) is 0 Å². The third-order valence-electron chi connectivity index (χ3n) is 3.95. The summed E-state index contributed by atoms with van der Waals surface area (Å²) in [6.07, 6.45) is 4.46. The molecule has 0 heterocycles. The molecule has 0 saturated heterocycles. The van der Waals surface area contributed by atoms with Crippen molar-refractivity contribution in [2.75, 3.05) is 0 Å². The average Bonchev–Trinajstić information content (AvgIpc) is 2.59. The minimum absolute atomic E-state index is 0.232. The minimum atomic E-state index is -0.596. The lowest BCUT2D eigenvalue weighted by molar-refractivity contribution is -0.114. The van der Waals surface area contributed by atoms with Gasteiger partial charge in [-0.25, -0.2) is 0 Å². The van der Waals surface area contributed by atoms with E-state index in [0.29, 0.717) is 17.8 Å². The lowest BCUT2D eigenvalue weighted by Crippen LogP contribution is -2.37. The van der Waals surface area contributed by atoms with Gasteiger partial charge in [0.2, 0.25) is 0 Å². The Hall–Kier alpha value is -0.370. The van der Waals surface area contributed by atoms with E-state index in [2.05, 4.69) is 0 Å². The van der Waals surface area contributed by atoms with Crippen LogP contribution in [0.5, 0.6) is 0 Å². The second kappa shape index (κ2) is 2.81. The van der Waals surface area contributed by atoms with E-state index >= 15 is 0 Å². The van der Waals surface area contributed by atoms with Crippen LogP contribution in [0.4, 0.5) is 0 Å². The van der Waals surface area contributed by atoms with E-state index in [9.17, 15) is 9.90 Å². The molecule has 2 aliphatic rings. The zero-order valence-electron chi connectivity index (χ0n) is 8.36. The Morgan fingerprint density at radius 1 is 1.31 bits per heavy atom. The van der Waals surface area contributed by atoms with Crippen LogP contribution in [-0.4, -0.2) is 17.0 Å². The molecule has 2 saturated carbocycles. The topological polar surface area (TPSA) is 37.3 Å². The Bertz CT molecular complexity index is 217. The van der Waals surface area contributed by atoms with Gasteiger partial charge in [-0.05, 0) is 50.9 Å². The molecule has 2 heteroatoms. The predicted octanol–water partition coefficient (Wildman–Crippen LogP) is 1.62. The van der Waals surface area contributed by atoms with Crippen LogP contribution in [-0.2, 0) is 4.79 Å². The van der Waals surface area contributed by atoms with E-state index in [1.54, 1.807) is 0 Å². The zero-order valence-corrected chi connectivity index (χ0v) is 8.36. The van der Waals surface area contributed by atoms with E-state index in [-0.39, 0.29) is 5.92 Å². The normalized spacial score (nSPS) is 43.9. The Labute approximate surface area is 79.3 Å². The summed E-state index contributed by atoms with van der Waals surface area (Å²) in [7, 11) is 0. The number of aldehydes is 1. The quantitative estimate of drug-likeness (QED) is 0.659. The van der Waals surface area contributed by atoms with Gasteiger partial charge in [0, 0.05) is 5.92 Å². The number of hydrogen-bond acceptors (Lipinski definition) is 2. The van der Waals surface area contributed by atoms with Crippen molar-refractivity contribution in [3.8, 4) is 0 Å². The third kappa shape index (κ3) is 1.41. The van der Waals surface area contributed by atoms with Gasteiger partial charge in [-0.2, -0.15) is 0 Å². The van der Waals surface area contributed by atoms with E-state index in [1.807, 2.05) is 13.8 Å². The van der Waals surface area contributed by atoms with E-state index in [4.69, 9.17) is 0 Å². The highest BCUT2D eigenvalue weighted by Gasteiger charge is 2.50. The first kappa shape index (κ1) is 9.20. The van der Waals surface area contributed by atoms with Crippen molar-refractivity contribution in [1.82, 2.24) is 0 Å². The Balaban J connectivity index is 2.14. The minimum Gasteiger partial charge on any atom is -0.390 e. The molecular formula is C11H18O2. The fourth-order valence-electron chi connectivity index (χ4n) is 3.37. The summed E-state index contributed by atoms with van der Waals surface area (Å²) in [5, 5.41) is 9.94. The lowest BCUT2D eigenvalue weighted by Gasteiger charge is -2.35. The molecule has 0 aromatic rings. The molecular weight excluding hydrogens is 164 g/mol. The van der Waals surface area contributed by atoms with Gasteiger partial charge in [-0.3, -0.25) is 0 Å². The van der Waals surface area contributed by atoms with E-state index < -0.39 is 5.60 Å². The van der Waals surface area contributed by atoms with Crippen LogP contribution < -0.4 is 0 Å². The van der Waals surface area contributed by atoms with Crippen LogP contribution in [0.1, 0.15) is 33.1 Å². The molecule has 0 aromatic carbocycles. The number of carbonyl (C=O) groups excluding carboxylic acids is 1.